The largest absolute Gasteiger partial charge is 0.321 e. The Morgan fingerprint density at radius 1 is 0.758 bits per heavy atom. The molecule has 1 amide bonds. The van der Waals surface area contributed by atoms with Gasteiger partial charge in [-0.25, -0.2) is 21.2 Å². The van der Waals surface area contributed by atoms with E-state index in [4.69, 9.17) is 0 Å². The SMILES string of the molecule is O=C(Nc1ccccc1S(=O)(=O)N1CCCCC1)c1ccc(F)c(S(=O)(=O)N2CCCC2)c1. The number of piperidine rings is 1. The van der Waals surface area contributed by atoms with Crippen LogP contribution in [0.2, 0.25) is 0 Å². The molecule has 0 saturated carbocycles. The van der Waals surface area contributed by atoms with E-state index >= 15 is 0 Å². The molecule has 11 heteroatoms. The van der Waals surface area contributed by atoms with Gasteiger partial charge in [0.2, 0.25) is 20.0 Å². The van der Waals surface area contributed by atoms with Crippen LogP contribution in [0, 0.1) is 5.82 Å². The molecule has 0 unspecified atom stereocenters. The van der Waals surface area contributed by atoms with E-state index in [0.717, 1.165) is 31.4 Å². The molecule has 0 aliphatic carbocycles. The number of carbonyl (C=O) groups excluding carboxylic acids is 1. The van der Waals surface area contributed by atoms with Gasteiger partial charge in [-0.05, 0) is 56.0 Å². The summed E-state index contributed by atoms with van der Waals surface area (Å²) < 4.78 is 68.9. The van der Waals surface area contributed by atoms with Crippen molar-refractivity contribution in [2.45, 2.75) is 41.9 Å². The summed E-state index contributed by atoms with van der Waals surface area (Å²) in [5.74, 6) is -1.67. The number of nitrogens with one attached hydrogen (secondary N) is 1. The molecule has 1 N–H and O–H groups in total. The number of nitrogens with zero attached hydrogens (tertiary/aromatic N) is 2. The van der Waals surface area contributed by atoms with Crippen LogP contribution in [0.3, 0.4) is 0 Å². The second-order valence-corrected chi connectivity index (χ2v) is 12.0. The Morgan fingerprint density at radius 2 is 1.30 bits per heavy atom. The lowest BCUT2D eigenvalue weighted by molar-refractivity contribution is 0.102. The number of hydrogen-bond donors (Lipinski definition) is 1. The van der Waals surface area contributed by atoms with Crippen LogP contribution in [0.4, 0.5) is 10.1 Å². The van der Waals surface area contributed by atoms with E-state index in [1.807, 2.05) is 0 Å². The van der Waals surface area contributed by atoms with E-state index in [0.29, 0.717) is 39.0 Å². The highest BCUT2D eigenvalue weighted by Gasteiger charge is 2.31. The van der Waals surface area contributed by atoms with Crippen LogP contribution in [-0.4, -0.2) is 57.5 Å². The van der Waals surface area contributed by atoms with Gasteiger partial charge in [0, 0.05) is 31.7 Å². The van der Waals surface area contributed by atoms with Gasteiger partial charge in [-0.1, -0.05) is 18.6 Å². The van der Waals surface area contributed by atoms with Gasteiger partial charge in [0.15, 0.2) is 0 Å². The topological polar surface area (TPSA) is 104 Å². The summed E-state index contributed by atoms with van der Waals surface area (Å²) in [6.45, 7) is 1.44. The zero-order valence-corrected chi connectivity index (χ0v) is 19.7. The molecule has 2 fully saturated rings. The number of sulfonamides is 2. The molecular weight excluding hydrogens is 469 g/mol. The van der Waals surface area contributed by atoms with Gasteiger partial charge in [-0.2, -0.15) is 8.61 Å². The van der Waals surface area contributed by atoms with E-state index in [-0.39, 0.29) is 16.1 Å². The molecule has 2 heterocycles. The molecule has 8 nitrogen and oxygen atoms in total. The number of hydrogen-bond acceptors (Lipinski definition) is 5. The highest BCUT2D eigenvalue weighted by molar-refractivity contribution is 7.89. The highest BCUT2D eigenvalue weighted by atomic mass is 32.2. The molecule has 178 valence electrons. The summed E-state index contributed by atoms with van der Waals surface area (Å²) in [5.41, 5.74) is 0.000643. The highest BCUT2D eigenvalue weighted by Crippen LogP contribution is 2.28. The van der Waals surface area contributed by atoms with Crippen molar-refractivity contribution in [3.05, 3.63) is 53.8 Å². The van der Waals surface area contributed by atoms with Gasteiger partial charge in [0.1, 0.15) is 15.6 Å². The molecule has 2 saturated heterocycles. The molecule has 0 atom stereocenters. The molecule has 2 aromatic rings. The first-order valence-corrected chi connectivity index (χ1v) is 13.8. The average molecular weight is 496 g/mol. The number of halogens is 1. The zero-order valence-electron chi connectivity index (χ0n) is 18.0. The van der Waals surface area contributed by atoms with Gasteiger partial charge >= 0.3 is 0 Å². The van der Waals surface area contributed by atoms with Crippen molar-refractivity contribution >= 4 is 31.6 Å². The van der Waals surface area contributed by atoms with E-state index in [2.05, 4.69) is 5.32 Å². The smallest absolute Gasteiger partial charge is 0.255 e. The second kappa shape index (κ2) is 9.49. The van der Waals surface area contributed by atoms with Crippen molar-refractivity contribution in [1.82, 2.24) is 8.61 Å². The first-order chi connectivity index (χ1) is 15.7. The van der Waals surface area contributed by atoms with E-state index < -0.39 is 36.7 Å². The number of benzene rings is 2. The van der Waals surface area contributed by atoms with Gasteiger partial charge in [-0.15, -0.1) is 0 Å². The van der Waals surface area contributed by atoms with Gasteiger partial charge in [0.25, 0.3) is 5.91 Å². The molecule has 0 radical (unpaired) electrons. The third-order valence-electron chi connectivity index (χ3n) is 5.94. The first kappa shape index (κ1) is 23.8. The van der Waals surface area contributed by atoms with Crippen LogP contribution in [0.15, 0.2) is 52.3 Å². The number of anilines is 1. The van der Waals surface area contributed by atoms with Gasteiger partial charge in [0.05, 0.1) is 5.69 Å². The fourth-order valence-corrected chi connectivity index (χ4v) is 7.42. The predicted octanol–water partition coefficient (Wildman–Crippen LogP) is 3.04. The minimum Gasteiger partial charge on any atom is -0.321 e. The van der Waals surface area contributed by atoms with Crippen LogP contribution in [0.1, 0.15) is 42.5 Å². The van der Waals surface area contributed by atoms with E-state index in [1.54, 1.807) is 12.1 Å². The predicted molar refractivity (Wildman–Crippen MR) is 121 cm³/mol. The van der Waals surface area contributed by atoms with Crippen LogP contribution < -0.4 is 5.32 Å². The van der Waals surface area contributed by atoms with Crippen molar-refractivity contribution in [2.75, 3.05) is 31.5 Å². The van der Waals surface area contributed by atoms with Gasteiger partial charge in [-0.3, -0.25) is 4.79 Å². The van der Waals surface area contributed by atoms with Crippen LogP contribution >= 0.6 is 0 Å². The Bertz CT molecular complexity index is 1250. The fourth-order valence-electron chi connectivity index (χ4n) is 4.14. The molecule has 0 spiro atoms. The normalized spacial score (nSPS) is 18.3. The average Bonchev–Trinajstić information content (AvgIpc) is 3.36. The quantitative estimate of drug-likeness (QED) is 0.664. The lowest BCUT2D eigenvalue weighted by Crippen LogP contribution is -2.36. The second-order valence-electron chi connectivity index (χ2n) is 8.17. The summed E-state index contributed by atoms with van der Waals surface area (Å²) in [5, 5.41) is 2.56. The van der Waals surface area contributed by atoms with Crippen LogP contribution in [0.25, 0.3) is 0 Å². The molecular formula is C22H26FN3O5S2. The maximum Gasteiger partial charge on any atom is 0.255 e. The van der Waals surface area contributed by atoms with E-state index in [9.17, 15) is 26.0 Å². The lowest BCUT2D eigenvalue weighted by Gasteiger charge is -2.26. The fraction of sp³-hybridized carbons (Fsp3) is 0.409. The lowest BCUT2D eigenvalue weighted by atomic mass is 10.2. The Morgan fingerprint density at radius 3 is 1.94 bits per heavy atom. The molecule has 0 bridgehead atoms. The third kappa shape index (κ3) is 4.81. The Labute approximate surface area is 193 Å². The summed E-state index contributed by atoms with van der Waals surface area (Å²) in [6, 6.07) is 9.18. The molecule has 0 aromatic heterocycles. The number of para-hydroxylation sites is 1. The molecule has 33 heavy (non-hydrogen) atoms. The van der Waals surface area contributed by atoms with Gasteiger partial charge < -0.3 is 5.32 Å². The standard InChI is InChI=1S/C22H26FN3O5S2/c23-18-11-10-17(16-21(18)33(30,31)26-14-6-7-15-26)22(27)24-19-8-2-3-9-20(19)32(28,29)25-12-4-1-5-13-25/h2-3,8-11,16H,1,4-7,12-15H2,(H,24,27). The molecule has 2 aliphatic rings. The number of amides is 1. The maximum atomic E-state index is 14.4. The maximum absolute atomic E-state index is 14.4. The number of carbonyl (C=O) groups is 1. The summed E-state index contributed by atoms with van der Waals surface area (Å²) in [6.07, 6.45) is 3.92. The van der Waals surface area contributed by atoms with Crippen molar-refractivity contribution in [3.63, 3.8) is 0 Å². The Hall–Kier alpha value is -2.34. The molecule has 2 aliphatic heterocycles. The van der Waals surface area contributed by atoms with Crippen molar-refractivity contribution in [2.24, 2.45) is 0 Å². The van der Waals surface area contributed by atoms with Crippen molar-refractivity contribution in [1.29, 1.82) is 0 Å². The first-order valence-electron chi connectivity index (χ1n) is 10.9. The minimum atomic E-state index is -4.07. The molecule has 2 aromatic carbocycles. The monoisotopic (exact) mass is 495 g/mol. The molecule has 4 rings (SSSR count). The number of rotatable bonds is 6. The third-order valence-corrected chi connectivity index (χ3v) is 9.81. The van der Waals surface area contributed by atoms with Crippen molar-refractivity contribution < 1.29 is 26.0 Å². The van der Waals surface area contributed by atoms with Crippen LogP contribution in [0.5, 0.6) is 0 Å². The van der Waals surface area contributed by atoms with Crippen LogP contribution in [-0.2, 0) is 20.0 Å². The summed E-state index contributed by atoms with van der Waals surface area (Å²) in [7, 11) is -7.88. The Kier molecular flexibility index (Phi) is 6.85. The minimum absolute atomic E-state index is 0.0349. The van der Waals surface area contributed by atoms with E-state index in [1.165, 1.54) is 26.8 Å². The Balaban J connectivity index is 1.62. The zero-order chi connectivity index (χ0) is 23.6. The summed E-state index contributed by atoms with van der Waals surface area (Å²) in [4.78, 5) is 12.3. The van der Waals surface area contributed by atoms with Crippen molar-refractivity contribution in [3.8, 4) is 0 Å². The summed E-state index contributed by atoms with van der Waals surface area (Å²) >= 11 is 0.